The Hall–Kier alpha value is -0.810. The molecule has 132 valence electrons. The van der Waals surface area contributed by atoms with Crippen LogP contribution >= 0.6 is 0 Å². The first-order chi connectivity index (χ1) is 11.2. The predicted molar refractivity (Wildman–Crippen MR) is 94.9 cm³/mol. The topological polar surface area (TPSA) is 40.1 Å². The van der Waals surface area contributed by atoms with Crippen LogP contribution in [-0.2, 0) is 4.74 Å². The van der Waals surface area contributed by atoms with Crippen LogP contribution in [0.1, 0.15) is 39.5 Å². The molecule has 3 aliphatic rings. The van der Waals surface area contributed by atoms with Crippen molar-refractivity contribution < 1.29 is 4.74 Å². The molecule has 23 heavy (non-hydrogen) atoms. The van der Waals surface area contributed by atoms with Gasteiger partial charge in [0.05, 0.1) is 13.2 Å². The highest BCUT2D eigenvalue weighted by Crippen LogP contribution is 2.38. The number of nitrogens with one attached hydrogen (secondary N) is 1. The molecule has 0 aromatic heterocycles. The fourth-order valence-corrected chi connectivity index (χ4v) is 4.30. The number of guanidine groups is 1. The van der Waals surface area contributed by atoms with Gasteiger partial charge in [0.25, 0.3) is 0 Å². The average molecular weight is 322 g/mol. The van der Waals surface area contributed by atoms with Crippen LogP contribution in [0, 0.1) is 11.3 Å². The van der Waals surface area contributed by atoms with Crippen molar-refractivity contribution in [3.05, 3.63) is 0 Å². The maximum Gasteiger partial charge on any atom is 0.193 e. The number of ether oxygens (including phenoxy) is 1. The number of piperidine rings is 1. The van der Waals surface area contributed by atoms with E-state index in [-0.39, 0.29) is 0 Å². The minimum atomic E-state index is 0.401. The lowest BCUT2D eigenvalue weighted by molar-refractivity contribution is 0.156. The van der Waals surface area contributed by atoms with Crippen LogP contribution in [0.15, 0.2) is 4.99 Å². The summed E-state index contributed by atoms with van der Waals surface area (Å²) < 4.78 is 5.65. The lowest BCUT2D eigenvalue weighted by Crippen LogP contribution is -2.42. The molecule has 3 saturated heterocycles. The van der Waals surface area contributed by atoms with Crippen molar-refractivity contribution in [2.24, 2.45) is 16.3 Å². The Labute approximate surface area is 141 Å². The average Bonchev–Trinajstić information content (AvgIpc) is 3.17. The molecule has 3 heterocycles. The van der Waals surface area contributed by atoms with Gasteiger partial charge in [-0.15, -0.1) is 0 Å². The molecule has 5 nitrogen and oxygen atoms in total. The summed E-state index contributed by atoms with van der Waals surface area (Å²) in [6.07, 6.45) is 5.20. The zero-order chi connectivity index (χ0) is 16.1. The molecule has 2 unspecified atom stereocenters. The molecule has 0 amide bonds. The zero-order valence-electron chi connectivity index (χ0n) is 15.0. The summed E-state index contributed by atoms with van der Waals surface area (Å²) in [6, 6.07) is 0. The second kappa shape index (κ2) is 7.84. The first-order valence-electron chi connectivity index (χ1n) is 9.54. The Bertz CT molecular complexity index is 406. The van der Waals surface area contributed by atoms with Gasteiger partial charge in [-0.05, 0) is 45.1 Å². The molecule has 3 fully saturated rings. The molecule has 0 aromatic carbocycles. The van der Waals surface area contributed by atoms with Crippen molar-refractivity contribution in [2.75, 3.05) is 59.0 Å². The molecular formula is C18H34N4O. The third-order valence-electron chi connectivity index (χ3n) is 5.68. The van der Waals surface area contributed by atoms with E-state index in [1.165, 1.54) is 38.8 Å². The van der Waals surface area contributed by atoms with E-state index in [1.807, 2.05) is 0 Å². The highest BCUT2D eigenvalue weighted by atomic mass is 16.5. The maximum atomic E-state index is 5.65. The fourth-order valence-electron chi connectivity index (χ4n) is 4.30. The summed E-state index contributed by atoms with van der Waals surface area (Å²) in [4.78, 5) is 9.95. The molecule has 0 saturated carbocycles. The van der Waals surface area contributed by atoms with Crippen molar-refractivity contribution in [1.29, 1.82) is 0 Å². The van der Waals surface area contributed by atoms with Crippen LogP contribution in [0.25, 0.3) is 0 Å². The molecule has 5 heteroatoms. The van der Waals surface area contributed by atoms with E-state index in [4.69, 9.17) is 9.73 Å². The van der Waals surface area contributed by atoms with Crippen molar-refractivity contribution in [3.63, 3.8) is 0 Å². The first-order valence-corrected chi connectivity index (χ1v) is 9.54. The largest absolute Gasteiger partial charge is 0.381 e. The second-order valence-corrected chi connectivity index (χ2v) is 7.76. The Balaban J connectivity index is 1.51. The minimum Gasteiger partial charge on any atom is -0.381 e. The zero-order valence-corrected chi connectivity index (χ0v) is 15.0. The Kier molecular flexibility index (Phi) is 5.81. The van der Waals surface area contributed by atoms with E-state index in [0.717, 1.165) is 57.8 Å². The molecule has 0 bridgehead atoms. The monoisotopic (exact) mass is 322 g/mol. The van der Waals surface area contributed by atoms with Gasteiger partial charge in [0.2, 0.25) is 0 Å². The quantitative estimate of drug-likeness (QED) is 0.633. The summed E-state index contributed by atoms with van der Waals surface area (Å²) in [6.45, 7) is 14.1. The predicted octanol–water partition coefficient (Wildman–Crippen LogP) is 1.80. The van der Waals surface area contributed by atoms with Crippen LogP contribution in [0.4, 0.5) is 0 Å². The van der Waals surface area contributed by atoms with E-state index < -0.39 is 0 Å². The van der Waals surface area contributed by atoms with Crippen LogP contribution < -0.4 is 5.32 Å². The lowest BCUT2D eigenvalue weighted by atomic mass is 9.87. The number of likely N-dealkylation sites (tertiary alicyclic amines) is 2. The molecule has 0 radical (unpaired) electrons. The van der Waals surface area contributed by atoms with Gasteiger partial charge >= 0.3 is 0 Å². The standard InChI is InChI=1S/C18H34N4O/c1-3-19-17(20-8-11-21-9-4-5-16(2)13-21)22-10-6-18(14-22)7-12-23-15-18/h16H,3-15H2,1-2H3,(H,19,20). The van der Waals surface area contributed by atoms with Gasteiger partial charge < -0.3 is 19.9 Å². The summed E-state index contributed by atoms with van der Waals surface area (Å²) in [5, 5.41) is 3.49. The lowest BCUT2D eigenvalue weighted by Gasteiger charge is -2.30. The Morgan fingerprint density at radius 3 is 3.00 bits per heavy atom. The van der Waals surface area contributed by atoms with Crippen LogP contribution in [-0.4, -0.2) is 74.8 Å². The van der Waals surface area contributed by atoms with Crippen LogP contribution in [0.2, 0.25) is 0 Å². The van der Waals surface area contributed by atoms with E-state index in [2.05, 4.69) is 29.0 Å². The first kappa shape index (κ1) is 17.0. The third-order valence-corrected chi connectivity index (χ3v) is 5.68. The van der Waals surface area contributed by atoms with Gasteiger partial charge in [-0.25, -0.2) is 0 Å². The van der Waals surface area contributed by atoms with Gasteiger partial charge in [-0.2, -0.15) is 0 Å². The summed E-state index contributed by atoms with van der Waals surface area (Å²) in [7, 11) is 0. The normalized spacial score (nSPS) is 32.9. The smallest absolute Gasteiger partial charge is 0.193 e. The minimum absolute atomic E-state index is 0.401. The van der Waals surface area contributed by atoms with Crippen molar-refractivity contribution in [3.8, 4) is 0 Å². The molecule has 1 N–H and O–H groups in total. The van der Waals surface area contributed by atoms with Crippen LogP contribution in [0.3, 0.4) is 0 Å². The van der Waals surface area contributed by atoms with Crippen molar-refractivity contribution in [2.45, 2.75) is 39.5 Å². The van der Waals surface area contributed by atoms with Gasteiger partial charge in [0, 0.05) is 44.7 Å². The van der Waals surface area contributed by atoms with Gasteiger partial charge in [-0.1, -0.05) is 6.92 Å². The maximum absolute atomic E-state index is 5.65. The number of hydrogen-bond acceptors (Lipinski definition) is 3. The molecule has 1 spiro atoms. The molecule has 0 aliphatic carbocycles. The van der Waals surface area contributed by atoms with Crippen molar-refractivity contribution >= 4 is 5.96 Å². The summed E-state index contributed by atoms with van der Waals surface area (Å²) in [5.74, 6) is 1.96. The van der Waals surface area contributed by atoms with Gasteiger partial charge in [-0.3, -0.25) is 4.99 Å². The van der Waals surface area contributed by atoms with Crippen molar-refractivity contribution in [1.82, 2.24) is 15.1 Å². The molecular weight excluding hydrogens is 288 g/mol. The summed E-state index contributed by atoms with van der Waals surface area (Å²) >= 11 is 0. The number of nitrogens with zero attached hydrogens (tertiary/aromatic N) is 3. The van der Waals surface area contributed by atoms with E-state index in [9.17, 15) is 0 Å². The Morgan fingerprint density at radius 1 is 1.35 bits per heavy atom. The summed E-state index contributed by atoms with van der Waals surface area (Å²) in [5.41, 5.74) is 0.401. The molecule has 3 rings (SSSR count). The van der Waals surface area contributed by atoms with E-state index >= 15 is 0 Å². The number of aliphatic imine (C=N–C) groups is 1. The fraction of sp³-hybridized carbons (Fsp3) is 0.944. The van der Waals surface area contributed by atoms with Gasteiger partial charge in [0.1, 0.15) is 0 Å². The highest BCUT2D eigenvalue weighted by Gasteiger charge is 2.42. The molecule has 0 aromatic rings. The van der Waals surface area contributed by atoms with E-state index in [0.29, 0.717) is 5.41 Å². The second-order valence-electron chi connectivity index (χ2n) is 7.76. The SMILES string of the molecule is CCNC(=NCCN1CCCC(C)C1)N1CCC2(CCOC2)C1. The highest BCUT2D eigenvalue weighted by molar-refractivity contribution is 5.80. The number of hydrogen-bond donors (Lipinski definition) is 1. The molecule has 2 atom stereocenters. The number of rotatable bonds is 4. The third kappa shape index (κ3) is 4.38. The van der Waals surface area contributed by atoms with Gasteiger partial charge in [0.15, 0.2) is 5.96 Å². The van der Waals surface area contributed by atoms with E-state index in [1.54, 1.807) is 0 Å². The Morgan fingerprint density at radius 2 is 2.26 bits per heavy atom. The molecule has 3 aliphatic heterocycles. The van der Waals surface area contributed by atoms with Crippen LogP contribution in [0.5, 0.6) is 0 Å².